The van der Waals surface area contributed by atoms with Crippen LogP contribution in [0.3, 0.4) is 0 Å². The minimum atomic E-state index is -1.04. The lowest BCUT2D eigenvalue weighted by Gasteiger charge is -1.94. The van der Waals surface area contributed by atoms with E-state index in [4.69, 9.17) is 5.11 Å². The number of benzene rings is 1. The highest BCUT2D eigenvalue weighted by molar-refractivity contribution is 5.65. The summed E-state index contributed by atoms with van der Waals surface area (Å²) >= 11 is 0. The van der Waals surface area contributed by atoms with Crippen LogP contribution < -0.4 is 5.32 Å². The van der Waals surface area contributed by atoms with E-state index in [1.807, 2.05) is 30.3 Å². The number of hydrogen-bond donors (Lipinski definition) is 2. The molecule has 0 saturated heterocycles. The smallest absolute Gasteiger partial charge is 0.408 e. The van der Waals surface area contributed by atoms with Crippen LogP contribution in [0.5, 0.6) is 0 Å². The van der Waals surface area contributed by atoms with E-state index in [2.05, 4.69) is 5.32 Å². The van der Waals surface area contributed by atoms with Crippen molar-refractivity contribution in [2.45, 2.75) is 6.42 Å². The van der Waals surface area contributed by atoms with E-state index in [1.165, 1.54) is 6.20 Å². The summed E-state index contributed by atoms with van der Waals surface area (Å²) in [6.45, 7) is 0. The van der Waals surface area contributed by atoms with Crippen molar-refractivity contribution < 1.29 is 9.90 Å². The molecule has 68 valence electrons. The second-order valence-corrected chi connectivity index (χ2v) is 2.54. The molecule has 0 aliphatic heterocycles. The highest BCUT2D eigenvalue weighted by Gasteiger charge is 1.87. The first-order chi connectivity index (χ1) is 6.29. The molecule has 0 aliphatic carbocycles. The van der Waals surface area contributed by atoms with Crippen molar-refractivity contribution in [1.29, 1.82) is 0 Å². The molecule has 0 aromatic heterocycles. The van der Waals surface area contributed by atoms with E-state index in [0.29, 0.717) is 0 Å². The Bertz CT molecular complexity index is 293. The van der Waals surface area contributed by atoms with Crippen molar-refractivity contribution in [2.24, 2.45) is 0 Å². The number of nitrogens with one attached hydrogen (secondary N) is 1. The summed E-state index contributed by atoms with van der Waals surface area (Å²) in [6.07, 6.45) is 2.89. The Kier molecular flexibility index (Phi) is 3.57. The van der Waals surface area contributed by atoms with Gasteiger partial charge in [-0.3, -0.25) is 5.32 Å². The zero-order valence-corrected chi connectivity index (χ0v) is 7.10. The van der Waals surface area contributed by atoms with Crippen LogP contribution >= 0.6 is 0 Å². The van der Waals surface area contributed by atoms with Gasteiger partial charge in [0.1, 0.15) is 0 Å². The van der Waals surface area contributed by atoms with Gasteiger partial charge in [0.2, 0.25) is 0 Å². The molecule has 0 bridgehead atoms. The molecule has 1 aromatic rings. The first-order valence-electron chi connectivity index (χ1n) is 3.97. The molecule has 0 spiro atoms. The molecule has 13 heavy (non-hydrogen) atoms. The molecule has 0 radical (unpaired) electrons. The van der Waals surface area contributed by atoms with E-state index in [0.717, 1.165) is 12.0 Å². The maximum atomic E-state index is 10.0. The molecule has 0 heterocycles. The lowest BCUT2D eigenvalue weighted by atomic mass is 10.1. The second kappa shape index (κ2) is 4.98. The Morgan fingerprint density at radius 1 is 1.38 bits per heavy atom. The molecule has 3 heteroatoms. The molecule has 3 nitrogen and oxygen atoms in total. The van der Waals surface area contributed by atoms with Crippen LogP contribution in [-0.4, -0.2) is 11.2 Å². The third kappa shape index (κ3) is 3.96. The molecule has 0 fully saturated rings. The SMILES string of the molecule is O=C(O)NC=CCc1ccccc1. The number of allylic oxidation sites excluding steroid dienone is 1. The maximum Gasteiger partial charge on any atom is 0.408 e. The Labute approximate surface area is 76.7 Å². The van der Waals surface area contributed by atoms with Crippen molar-refractivity contribution in [3.8, 4) is 0 Å². The predicted molar refractivity (Wildman–Crippen MR) is 50.4 cm³/mol. The Morgan fingerprint density at radius 3 is 2.69 bits per heavy atom. The van der Waals surface area contributed by atoms with Crippen LogP contribution in [0.1, 0.15) is 5.56 Å². The Morgan fingerprint density at radius 2 is 2.08 bits per heavy atom. The van der Waals surface area contributed by atoms with Crippen molar-refractivity contribution in [3.05, 3.63) is 48.2 Å². The van der Waals surface area contributed by atoms with Crippen LogP contribution in [-0.2, 0) is 6.42 Å². The van der Waals surface area contributed by atoms with Gasteiger partial charge in [-0.15, -0.1) is 0 Å². The topological polar surface area (TPSA) is 49.3 Å². The summed E-state index contributed by atoms with van der Waals surface area (Å²) in [6, 6.07) is 9.83. The first kappa shape index (κ1) is 9.32. The normalized spacial score (nSPS) is 10.2. The minimum absolute atomic E-state index is 0.737. The second-order valence-electron chi connectivity index (χ2n) is 2.54. The highest BCUT2D eigenvalue weighted by atomic mass is 16.4. The fourth-order valence-electron chi connectivity index (χ4n) is 0.939. The van der Waals surface area contributed by atoms with Gasteiger partial charge in [0.05, 0.1) is 0 Å². The van der Waals surface area contributed by atoms with Crippen molar-refractivity contribution in [2.75, 3.05) is 0 Å². The van der Waals surface area contributed by atoms with Crippen LogP contribution in [0.25, 0.3) is 0 Å². The molecule has 2 N–H and O–H groups in total. The van der Waals surface area contributed by atoms with E-state index < -0.39 is 6.09 Å². The average Bonchev–Trinajstić information content (AvgIpc) is 2.14. The van der Waals surface area contributed by atoms with Gasteiger partial charge >= 0.3 is 6.09 Å². The number of rotatable bonds is 3. The summed E-state index contributed by atoms with van der Waals surface area (Å²) in [5.74, 6) is 0. The summed E-state index contributed by atoms with van der Waals surface area (Å²) in [5.41, 5.74) is 1.16. The lowest BCUT2D eigenvalue weighted by molar-refractivity contribution is 0.198. The largest absolute Gasteiger partial charge is 0.465 e. The molecule has 1 amide bonds. The number of carboxylic acid groups (broad SMARTS) is 1. The third-order valence-electron chi connectivity index (χ3n) is 1.52. The predicted octanol–water partition coefficient (Wildman–Crippen LogP) is 2.01. The molecule has 1 rings (SSSR count). The maximum absolute atomic E-state index is 10.0. The van der Waals surface area contributed by atoms with Crippen molar-refractivity contribution in [3.63, 3.8) is 0 Å². The Balaban J connectivity index is 2.35. The van der Waals surface area contributed by atoms with Gasteiger partial charge in [-0.2, -0.15) is 0 Å². The summed E-state index contributed by atoms with van der Waals surface area (Å²) in [5, 5.41) is 10.4. The van der Waals surface area contributed by atoms with Crippen LogP contribution in [0.4, 0.5) is 4.79 Å². The lowest BCUT2D eigenvalue weighted by Crippen LogP contribution is -2.12. The summed E-state index contributed by atoms with van der Waals surface area (Å²) < 4.78 is 0. The van der Waals surface area contributed by atoms with Crippen molar-refractivity contribution >= 4 is 6.09 Å². The van der Waals surface area contributed by atoms with Crippen LogP contribution in [0.2, 0.25) is 0 Å². The monoisotopic (exact) mass is 177 g/mol. The van der Waals surface area contributed by atoms with Gasteiger partial charge in [0, 0.05) is 6.20 Å². The Hall–Kier alpha value is -1.77. The van der Waals surface area contributed by atoms with Gasteiger partial charge in [-0.25, -0.2) is 4.79 Å². The molecular weight excluding hydrogens is 166 g/mol. The van der Waals surface area contributed by atoms with Gasteiger partial charge in [0.25, 0.3) is 0 Å². The van der Waals surface area contributed by atoms with Crippen LogP contribution in [0, 0.1) is 0 Å². The zero-order chi connectivity index (χ0) is 9.52. The third-order valence-corrected chi connectivity index (χ3v) is 1.52. The fraction of sp³-hybridized carbons (Fsp3) is 0.100. The number of amides is 1. The van der Waals surface area contributed by atoms with Crippen LogP contribution in [0.15, 0.2) is 42.6 Å². The van der Waals surface area contributed by atoms with Gasteiger partial charge in [0.15, 0.2) is 0 Å². The molecule has 0 atom stereocenters. The average molecular weight is 177 g/mol. The molecule has 1 aromatic carbocycles. The van der Waals surface area contributed by atoms with Crippen molar-refractivity contribution in [1.82, 2.24) is 5.32 Å². The molecule has 0 saturated carbocycles. The zero-order valence-electron chi connectivity index (χ0n) is 7.10. The molecule has 0 unspecified atom stereocenters. The van der Waals surface area contributed by atoms with Gasteiger partial charge < -0.3 is 5.11 Å². The summed E-state index contributed by atoms with van der Waals surface area (Å²) in [7, 11) is 0. The van der Waals surface area contributed by atoms with Gasteiger partial charge in [-0.05, 0) is 12.0 Å². The standard InChI is InChI=1S/C10H11NO2/c12-10(13)11-8-4-7-9-5-2-1-3-6-9/h1-6,8,11H,7H2,(H,12,13). The van der Waals surface area contributed by atoms with Gasteiger partial charge in [-0.1, -0.05) is 36.4 Å². The minimum Gasteiger partial charge on any atom is -0.465 e. The van der Waals surface area contributed by atoms with E-state index in [9.17, 15) is 4.79 Å². The summed E-state index contributed by atoms with van der Waals surface area (Å²) in [4.78, 5) is 10.0. The van der Waals surface area contributed by atoms with E-state index in [1.54, 1.807) is 6.08 Å². The molecular formula is C10H11NO2. The number of hydrogen-bond acceptors (Lipinski definition) is 1. The fourth-order valence-corrected chi connectivity index (χ4v) is 0.939. The first-order valence-corrected chi connectivity index (χ1v) is 3.97. The molecule has 0 aliphatic rings. The number of carbonyl (C=O) groups is 1. The van der Waals surface area contributed by atoms with E-state index in [-0.39, 0.29) is 0 Å². The highest BCUT2D eigenvalue weighted by Crippen LogP contribution is 1.99. The van der Waals surface area contributed by atoms with E-state index >= 15 is 0 Å². The quantitative estimate of drug-likeness (QED) is 0.742.